The second-order valence-electron chi connectivity index (χ2n) is 6.73. The highest BCUT2D eigenvalue weighted by atomic mass is 19.1. The zero-order chi connectivity index (χ0) is 20.6. The average molecular weight is 386 g/mol. The Kier molecular flexibility index (Phi) is 5.29. The fraction of sp³-hybridized carbons (Fsp3) is 0.238. The van der Waals surface area contributed by atoms with Crippen molar-refractivity contribution < 1.29 is 23.5 Å². The Bertz CT molecular complexity index is 1000. The van der Waals surface area contributed by atoms with Crippen LogP contribution < -0.4 is 4.90 Å². The molecule has 7 heteroatoms. The van der Waals surface area contributed by atoms with E-state index in [2.05, 4.69) is 0 Å². The Balaban J connectivity index is 2.21. The van der Waals surface area contributed by atoms with Gasteiger partial charge in [-0.15, -0.1) is 0 Å². The molecule has 0 spiro atoms. The Labute approximate surface area is 161 Å². The van der Waals surface area contributed by atoms with Gasteiger partial charge in [-0.3, -0.25) is 9.59 Å². The number of rotatable bonds is 5. The molecule has 146 valence electrons. The van der Waals surface area contributed by atoms with Crippen LogP contribution in [0.4, 0.5) is 14.5 Å². The molecule has 28 heavy (non-hydrogen) atoms. The summed E-state index contributed by atoms with van der Waals surface area (Å²) in [6.07, 6.45) is 0. The number of likely N-dealkylation sites (N-methyl/N-ethyl adjacent to an activating group) is 1. The second kappa shape index (κ2) is 7.52. The molecule has 2 aromatic rings. The molecule has 1 aliphatic rings. The lowest BCUT2D eigenvalue weighted by Gasteiger charge is -2.20. The van der Waals surface area contributed by atoms with Gasteiger partial charge in [0, 0.05) is 19.7 Å². The summed E-state index contributed by atoms with van der Waals surface area (Å²) in [6.45, 7) is 3.57. The molecule has 2 aromatic carbocycles. The largest absolute Gasteiger partial charge is 0.395 e. The number of aryl methyl sites for hydroxylation is 2. The van der Waals surface area contributed by atoms with E-state index in [0.717, 1.165) is 29.3 Å². The van der Waals surface area contributed by atoms with E-state index in [9.17, 15) is 23.5 Å². The van der Waals surface area contributed by atoms with Crippen LogP contribution in [0.3, 0.4) is 0 Å². The number of imide groups is 1. The first kappa shape index (κ1) is 19.7. The number of hydrogen-bond donors (Lipinski definition) is 1. The van der Waals surface area contributed by atoms with Crippen LogP contribution in [0.25, 0.3) is 5.57 Å². The minimum Gasteiger partial charge on any atom is -0.395 e. The lowest BCUT2D eigenvalue weighted by Crippen LogP contribution is -2.35. The van der Waals surface area contributed by atoms with Crippen LogP contribution in [0.5, 0.6) is 0 Å². The Morgan fingerprint density at radius 1 is 1.04 bits per heavy atom. The van der Waals surface area contributed by atoms with Crippen molar-refractivity contribution in [3.8, 4) is 0 Å². The fourth-order valence-electron chi connectivity index (χ4n) is 3.35. The highest BCUT2D eigenvalue weighted by molar-refractivity contribution is 6.45. The summed E-state index contributed by atoms with van der Waals surface area (Å²) >= 11 is 0. The number of amides is 2. The van der Waals surface area contributed by atoms with Crippen LogP contribution in [0, 0.1) is 25.5 Å². The standard InChI is InChI=1S/C21H20F2N2O3/c1-12-4-6-15(13(2)10-12)18-19(24(3)8-9-26)21(28)25(20(18)27)17-11-14(22)5-7-16(17)23/h4-7,10-11,26H,8-9H2,1-3H3. The molecule has 0 atom stereocenters. The lowest BCUT2D eigenvalue weighted by atomic mass is 9.97. The molecule has 0 unspecified atom stereocenters. The quantitative estimate of drug-likeness (QED) is 0.803. The van der Waals surface area contributed by atoms with Crippen molar-refractivity contribution in [2.45, 2.75) is 13.8 Å². The van der Waals surface area contributed by atoms with Crippen LogP contribution in [0.15, 0.2) is 42.1 Å². The van der Waals surface area contributed by atoms with Crippen LogP contribution >= 0.6 is 0 Å². The average Bonchev–Trinajstić information content (AvgIpc) is 2.88. The van der Waals surface area contributed by atoms with Gasteiger partial charge in [-0.1, -0.05) is 23.8 Å². The molecule has 1 aliphatic heterocycles. The van der Waals surface area contributed by atoms with Crippen LogP contribution in [-0.2, 0) is 9.59 Å². The van der Waals surface area contributed by atoms with Gasteiger partial charge in [-0.2, -0.15) is 0 Å². The Morgan fingerprint density at radius 2 is 1.75 bits per heavy atom. The molecule has 0 aromatic heterocycles. The normalized spacial score (nSPS) is 14.3. The fourth-order valence-corrected chi connectivity index (χ4v) is 3.35. The molecule has 1 N–H and O–H groups in total. The topological polar surface area (TPSA) is 60.9 Å². The minimum atomic E-state index is -0.880. The maximum absolute atomic E-state index is 14.3. The minimum absolute atomic E-state index is 0.0367. The van der Waals surface area contributed by atoms with Crippen LogP contribution in [0.1, 0.15) is 16.7 Å². The van der Waals surface area contributed by atoms with Crippen LogP contribution in [0.2, 0.25) is 0 Å². The van der Waals surface area contributed by atoms with Gasteiger partial charge in [0.25, 0.3) is 11.8 Å². The number of halogens is 2. The predicted molar refractivity (Wildman–Crippen MR) is 101 cm³/mol. The van der Waals surface area contributed by atoms with E-state index in [0.29, 0.717) is 10.5 Å². The van der Waals surface area contributed by atoms with Gasteiger partial charge in [-0.05, 0) is 37.1 Å². The van der Waals surface area contributed by atoms with E-state index in [4.69, 9.17) is 0 Å². The number of anilines is 1. The first-order valence-corrected chi connectivity index (χ1v) is 8.74. The van der Waals surface area contributed by atoms with Gasteiger partial charge >= 0.3 is 0 Å². The maximum Gasteiger partial charge on any atom is 0.282 e. The SMILES string of the molecule is Cc1ccc(C2=C(N(C)CCO)C(=O)N(c3cc(F)ccc3F)C2=O)c(C)c1. The molecular formula is C21H20F2N2O3. The predicted octanol–water partition coefficient (Wildman–Crippen LogP) is 2.79. The maximum atomic E-state index is 14.3. The van der Waals surface area contributed by atoms with E-state index in [1.807, 2.05) is 26.0 Å². The number of carbonyl (C=O) groups is 2. The van der Waals surface area contributed by atoms with Crippen molar-refractivity contribution in [2.75, 3.05) is 25.1 Å². The third-order valence-corrected chi connectivity index (χ3v) is 4.68. The van der Waals surface area contributed by atoms with Crippen molar-refractivity contribution in [1.29, 1.82) is 0 Å². The number of carbonyl (C=O) groups excluding carboxylic acids is 2. The van der Waals surface area contributed by atoms with Crippen molar-refractivity contribution in [3.05, 3.63) is 70.4 Å². The highest BCUT2D eigenvalue weighted by Gasteiger charge is 2.43. The number of nitrogens with zero attached hydrogens (tertiary/aromatic N) is 2. The highest BCUT2D eigenvalue weighted by Crippen LogP contribution is 2.36. The number of benzene rings is 2. The van der Waals surface area contributed by atoms with Gasteiger partial charge in [-0.25, -0.2) is 13.7 Å². The van der Waals surface area contributed by atoms with Crippen molar-refractivity contribution in [2.24, 2.45) is 0 Å². The van der Waals surface area contributed by atoms with E-state index in [-0.39, 0.29) is 24.4 Å². The van der Waals surface area contributed by atoms with Crippen LogP contribution in [-0.4, -0.2) is 42.0 Å². The molecular weight excluding hydrogens is 366 g/mol. The third kappa shape index (κ3) is 3.29. The third-order valence-electron chi connectivity index (χ3n) is 4.68. The van der Waals surface area contributed by atoms with Gasteiger partial charge in [0.15, 0.2) is 0 Å². The Morgan fingerprint density at radius 3 is 2.39 bits per heavy atom. The first-order valence-electron chi connectivity index (χ1n) is 8.74. The summed E-state index contributed by atoms with van der Waals surface area (Å²) < 4.78 is 28.0. The second-order valence-corrected chi connectivity index (χ2v) is 6.73. The zero-order valence-corrected chi connectivity index (χ0v) is 15.8. The van der Waals surface area contributed by atoms with Crippen molar-refractivity contribution in [1.82, 2.24) is 4.90 Å². The molecule has 2 amide bonds. The smallest absolute Gasteiger partial charge is 0.282 e. The Hall–Kier alpha value is -3.06. The van der Waals surface area contributed by atoms with Crippen molar-refractivity contribution in [3.63, 3.8) is 0 Å². The molecule has 0 fully saturated rings. The van der Waals surface area contributed by atoms with Gasteiger partial charge < -0.3 is 10.0 Å². The lowest BCUT2D eigenvalue weighted by molar-refractivity contribution is -0.120. The molecule has 1 heterocycles. The molecule has 0 saturated heterocycles. The number of aliphatic hydroxyl groups is 1. The van der Waals surface area contributed by atoms with Crippen molar-refractivity contribution >= 4 is 23.1 Å². The molecule has 0 bridgehead atoms. The summed E-state index contributed by atoms with van der Waals surface area (Å²) in [5, 5.41) is 9.28. The molecule has 5 nitrogen and oxygen atoms in total. The summed E-state index contributed by atoms with van der Waals surface area (Å²) in [5.74, 6) is -3.14. The number of aliphatic hydroxyl groups excluding tert-OH is 1. The van der Waals surface area contributed by atoms with Gasteiger partial charge in [0.2, 0.25) is 0 Å². The number of hydrogen-bond acceptors (Lipinski definition) is 4. The monoisotopic (exact) mass is 386 g/mol. The molecule has 3 rings (SSSR count). The zero-order valence-electron chi connectivity index (χ0n) is 15.8. The van der Waals surface area contributed by atoms with E-state index in [1.54, 1.807) is 13.1 Å². The molecule has 0 aliphatic carbocycles. The summed E-state index contributed by atoms with van der Waals surface area (Å²) in [6, 6.07) is 8.01. The summed E-state index contributed by atoms with van der Waals surface area (Å²) in [5.41, 5.74) is 1.98. The van der Waals surface area contributed by atoms with Gasteiger partial charge in [0.1, 0.15) is 17.3 Å². The molecule has 0 saturated carbocycles. The first-order chi connectivity index (χ1) is 13.3. The van der Waals surface area contributed by atoms with Gasteiger partial charge in [0.05, 0.1) is 17.9 Å². The van der Waals surface area contributed by atoms with E-state index < -0.39 is 29.1 Å². The summed E-state index contributed by atoms with van der Waals surface area (Å²) in [4.78, 5) is 28.4. The molecule has 0 radical (unpaired) electrons. The van der Waals surface area contributed by atoms with E-state index >= 15 is 0 Å². The van der Waals surface area contributed by atoms with E-state index in [1.165, 1.54) is 4.90 Å². The summed E-state index contributed by atoms with van der Waals surface area (Å²) in [7, 11) is 1.56.